The first-order valence-corrected chi connectivity index (χ1v) is 10.00. The zero-order valence-electron chi connectivity index (χ0n) is 17.6. The number of hydrogen-bond acceptors (Lipinski definition) is 4. The van der Waals surface area contributed by atoms with E-state index >= 15 is 0 Å². The zero-order chi connectivity index (χ0) is 24.4. The molecule has 1 aliphatic heterocycles. The monoisotopic (exact) mass is 476 g/mol. The van der Waals surface area contributed by atoms with Crippen LogP contribution in [0.4, 0.5) is 26.3 Å². The Morgan fingerprint density at radius 2 is 1.64 bits per heavy atom. The van der Waals surface area contributed by atoms with E-state index in [1.54, 1.807) is 12.1 Å². The van der Waals surface area contributed by atoms with Crippen LogP contribution in [0.2, 0.25) is 0 Å². The molecule has 0 spiro atoms. The van der Waals surface area contributed by atoms with E-state index in [4.69, 9.17) is 15.2 Å². The lowest BCUT2D eigenvalue weighted by Gasteiger charge is -2.22. The quantitative estimate of drug-likeness (QED) is 0.586. The van der Waals surface area contributed by atoms with Gasteiger partial charge in [-0.2, -0.15) is 26.3 Å². The van der Waals surface area contributed by atoms with Gasteiger partial charge >= 0.3 is 12.4 Å². The summed E-state index contributed by atoms with van der Waals surface area (Å²) >= 11 is 0. The molecular formula is C22H22F6N2O3. The van der Waals surface area contributed by atoms with Crippen molar-refractivity contribution >= 4 is 5.91 Å². The van der Waals surface area contributed by atoms with E-state index in [0.29, 0.717) is 31.6 Å². The minimum absolute atomic E-state index is 0.0661. The molecule has 1 heterocycles. The molecule has 0 aliphatic carbocycles. The van der Waals surface area contributed by atoms with Crippen LogP contribution in [0.15, 0.2) is 36.4 Å². The lowest BCUT2D eigenvalue weighted by atomic mass is 10.1. The number of likely N-dealkylation sites (tertiary alicyclic amines) is 1. The molecule has 1 atom stereocenters. The molecular weight excluding hydrogens is 454 g/mol. The molecule has 1 unspecified atom stereocenters. The van der Waals surface area contributed by atoms with Gasteiger partial charge in [0.15, 0.2) is 11.5 Å². The summed E-state index contributed by atoms with van der Waals surface area (Å²) in [6.45, 7) is 0.594. The molecule has 11 heteroatoms. The molecule has 1 fully saturated rings. The number of alkyl halides is 6. The number of carbonyl (C=O) groups excluding carboxylic acids is 1. The Morgan fingerprint density at radius 1 is 1.00 bits per heavy atom. The first-order chi connectivity index (χ1) is 15.4. The summed E-state index contributed by atoms with van der Waals surface area (Å²) in [7, 11) is 1.36. The van der Waals surface area contributed by atoms with Crippen LogP contribution < -0.4 is 15.2 Å². The Bertz CT molecular complexity index is 974. The number of rotatable bonds is 7. The maximum absolute atomic E-state index is 13.0. The highest BCUT2D eigenvalue weighted by Crippen LogP contribution is 2.37. The smallest absolute Gasteiger partial charge is 0.416 e. The normalized spacial score (nSPS) is 17.2. The third-order valence-corrected chi connectivity index (χ3v) is 5.35. The van der Waals surface area contributed by atoms with Gasteiger partial charge in [-0.25, -0.2) is 0 Å². The molecule has 2 aromatic carbocycles. The number of ether oxygens (including phenoxy) is 2. The van der Waals surface area contributed by atoms with Crippen molar-refractivity contribution in [1.82, 2.24) is 4.90 Å². The number of carbonyl (C=O) groups is 1. The molecule has 0 radical (unpaired) electrons. The van der Waals surface area contributed by atoms with Crippen LogP contribution in [-0.4, -0.2) is 30.5 Å². The molecule has 33 heavy (non-hydrogen) atoms. The predicted octanol–water partition coefficient (Wildman–Crippen LogP) is 4.76. The van der Waals surface area contributed by atoms with Crippen molar-refractivity contribution in [2.75, 3.05) is 13.7 Å². The number of nitrogens with two attached hydrogens (primary N) is 1. The van der Waals surface area contributed by atoms with Crippen LogP contribution >= 0.6 is 0 Å². The number of halogens is 6. The topological polar surface area (TPSA) is 64.8 Å². The minimum atomic E-state index is -4.94. The molecule has 2 N–H and O–H groups in total. The fraction of sp³-hybridized carbons (Fsp3) is 0.409. The van der Waals surface area contributed by atoms with Gasteiger partial charge in [0.25, 0.3) is 0 Å². The summed E-state index contributed by atoms with van der Waals surface area (Å²) in [5.74, 6) is 0.00386. The summed E-state index contributed by atoms with van der Waals surface area (Å²) in [5, 5.41) is 0. The fourth-order valence-corrected chi connectivity index (χ4v) is 3.77. The van der Waals surface area contributed by atoms with Crippen molar-refractivity contribution in [2.24, 2.45) is 5.73 Å². The van der Waals surface area contributed by atoms with Gasteiger partial charge in [-0.05, 0) is 60.8 Å². The van der Waals surface area contributed by atoms with Crippen LogP contribution in [0, 0.1) is 0 Å². The zero-order valence-corrected chi connectivity index (χ0v) is 17.6. The van der Waals surface area contributed by atoms with Gasteiger partial charge < -0.3 is 15.2 Å². The van der Waals surface area contributed by atoms with E-state index in [1.807, 2.05) is 4.90 Å². The van der Waals surface area contributed by atoms with Crippen molar-refractivity contribution in [3.63, 3.8) is 0 Å². The highest BCUT2D eigenvalue weighted by atomic mass is 19.4. The Kier molecular flexibility index (Phi) is 7.11. The lowest BCUT2D eigenvalue weighted by Crippen LogP contribution is -2.39. The van der Waals surface area contributed by atoms with E-state index in [1.165, 1.54) is 13.2 Å². The lowest BCUT2D eigenvalue weighted by molar-refractivity contribution is -0.143. The standard InChI is InChI=1S/C22H22F6N2O3/c1-32-19-9-13(11-30-6-2-3-17(30)20(29)31)4-5-18(19)33-12-14-7-15(21(23,24)25)10-16(8-14)22(26,27)28/h4-5,7-10,17H,2-3,6,11-12H2,1H3,(H2,29,31). The number of hydrogen-bond donors (Lipinski definition) is 1. The maximum atomic E-state index is 13.0. The number of primary amides is 1. The van der Waals surface area contributed by atoms with Crippen LogP contribution in [0.3, 0.4) is 0 Å². The molecule has 5 nitrogen and oxygen atoms in total. The summed E-state index contributed by atoms with van der Waals surface area (Å²) < 4.78 is 89.0. The molecule has 2 aromatic rings. The van der Waals surface area contributed by atoms with Crippen molar-refractivity contribution in [3.05, 3.63) is 58.7 Å². The van der Waals surface area contributed by atoms with Gasteiger partial charge in [0.2, 0.25) is 5.91 Å². The Balaban J connectivity index is 1.78. The maximum Gasteiger partial charge on any atom is 0.416 e. The van der Waals surface area contributed by atoms with Crippen molar-refractivity contribution < 1.29 is 40.6 Å². The molecule has 3 rings (SSSR count). The largest absolute Gasteiger partial charge is 0.493 e. The second-order valence-corrected chi connectivity index (χ2v) is 7.72. The highest BCUT2D eigenvalue weighted by Gasteiger charge is 2.37. The SMILES string of the molecule is COc1cc(CN2CCCC2C(N)=O)ccc1OCc1cc(C(F)(F)F)cc(C(F)(F)F)c1. The molecule has 1 amide bonds. The fourth-order valence-electron chi connectivity index (χ4n) is 3.77. The molecule has 0 aromatic heterocycles. The van der Waals surface area contributed by atoms with Crippen LogP contribution in [0.25, 0.3) is 0 Å². The second kappa shape index (κ2) is 9.50. The highest BCUT2D eigenvalue weighted by molar-refractivity contribution is 5.80. The van der Waals surface area contributed by atoms with E-state index in [-0.39, 0.29) is 29.2 Å². The van der Waals surface area contributed by atoms with Crippen LogP contribution in [-0.2, 0) is 30.3 Å². The predicted molar refractivity (Wildman–Crippen MR) is 106 cm³/mol. The summed E-state index contributed by atoms with van der Waals surface area (Å²) in [4.78, 5) is 13.5. The van der Waals surface area contributed by atoms with E-state index in [0.717, 1.165) is 12.0 Å². The number of nitrogens with zero attached hydrogens (tertiary/aromatic N) is 1. The molecule has 1 aliphatic rings. The number of amides is 1. The van der Waals surface area contributed by atoms with Gasteiger partial charge in [-0.15, -0.1) is 0 Å². The van der Waals surface area contributed by atoms with E-state index in [9.17, 15) is 31.1 Å². The Hall–Kier alpha value is -2.95. The van der Waals surface area contributed by atoms with Gasteiger partial charge in [0, 0.05) is 6.54 Å². The van der Waals surface area contributed by atoms with Crippen molar-refractivity contribution in [1.29, 1.82) is 0 Å². The number of benzene rings is 2. The van der Waals surface area contributed by atoms with Gasteiger partial charge in [0.05, 0.1) is 24.3 Å². The molecule has 0 bridgehead atoms. The first kappa shape index (κ1) is 24.7. The molecule has 0 saturated carbocycles. The minimum Gasteiger partial charge on any atom is -0.493 e. The second-order valence-electron chi connectivity index (χ2n) is 7.72. The van der Waals surface area contributed by atoms with Gasteiger partial charge in [-0.1, -0.05) is 6.07 Å². The van der Waals surface area contributed by atoms with E-state index < -0.39 is 36.0 Å². The van der Waals surface area contributed by atoms with Crippen LogP contribution in [0.1, 0.15) is 35.1 Å². The average molecular weight is 476 g/mol. The number of methoxy groups -OCH3 is 1. The third-order valence-electron chi connectivity index (χ3n) is 5.35. The molecule has 180 valence electrons. The van der Waals surface area contributed by atoms with Crippen LogP contribution in [0.5, 0.6) is 11.5 Å². The first-order valence-electron chi connectivity index (χ1n) is 10.00. The Morgan fingerprint density at radius 3 is 2.18 bits per heavy atom. The van der Waals surface area contributed by atoms with Gasteiger partial charge in [-0.3, -0.25) is 9.69 Å². The summed E-state index contributed by atoms with van der Waals surface area (Å²) in [5.41, 5.74) is 3.10. The third kappa shape index (κ3) is 6.10. The average Bonchev–Trinajstić information content (AvgIpc) is 3.19. The van der Waals surface area contributed by atoms with Crippen molar-refractivity contribution in [3.8, 4) is 11.5 Å². The van der Waals surface area contributed by atoms with Crippen molar-refractivity contribution in [2.45, 2.75) is 44.4 Å². The van der Waals surface area contributed by atoms with Gasteiger partial charge in [0.1, 0.15) is 6.61 Å². The Labute approximate surface area is 186 Å². The van der Waals surface area contributed by atoms with E-state index in [2.05, 4.69) is 0 Å². The molecule has 1 saturated heterocycles. The summed E-state index contributed by atoms with van der Waals surface area (Å²) in [6.07, 6.45) is -8.37. The summed E-state index contributed by atoms with van der Waals surface area (Å²) in [6, 6.07) is 5.77.